The summed E-state index contributed by atoms with van der Waals surface area (Å²) in [5.74, 6) is 2.40. The maximum atomic E-state index is 9.39. The lowest BCUT2D eigenvalue weighted by Gasteiger charge is -2.39. The van der Waals surface area contributed by atoms with Crippen molar-refractivity contribution in [2.75, 3.05) is 0 Å². The zero-order chi connectivity index (χ0) is 6.43. The Morgan fingerprint density at radius 2 is 2.11 bits per heavy atom. The van der Waals surface area contributed by atoms with Gasteiger partial charge in [0.1, 0.15) is 0 Å². The molecule has 52 valence electrons. The van der Waals surface area contributed by atoms with Crippen molar-refractivity contribution >= 4 is 0 Å². The summed E-state index contributed by atoms with van der Waals surface area (Å²) >= 11 is 0. The van der Waals surface area contributed by atoms with E-state index in [0.29, 0.717) is 5.92 Å². The Bertz CT molecular complexity index is 113. The highest BCUT2D eigenvalue weighted by Crippen LogP contribution is 2.50. The van der Waals surface area contributed by atoms with E-state index in [1.807, 2.05) is 0 Å². The van der Waals surface area contributed by atoms with Crippen LogP contribution >= 0.6 is 0 Å². The first-order valence-corrected chi connectivity index (χ1v) is 3.97. The summed E-state index contributed by atoms with van der Waals surface area (Å²) < 4.78 is 0. The van der Waals surface area contributed by atoms with Gasteiger partial charge < -0.3 is 5.11 Å². The van der Waals surface area contributed by atoms with Crippen LogP contribution < -0.4 is 0 Å². The topological polar surface area (TPSA) is 20.2 Å². The molecule has 4 atom stereocenters. The highest BCUT2D eigenvalue weighted by Gasteiger charge is 2.46. The van der Waals surface area contributed by atoms with Crippen molar-refractivity contribution in [3.05, 3.63) is 0 Å². The fourth-order valence-electron chi connectivity index (χ4n) is 2.64. The molecule has 0 heterocycles. The second kappa shape index (κ2) is 1.72. The Morgan fingerprint density at radius 1 is 1.33 bits per heavy atom. The van der Waals surface area contributed by atoms with Crippen molar-refractivity contribution in [2.45, 2.75) is 32.3 Å². The predicted octanol–water partition coefficient (Wildman–Crippen LogP) is 1.41. The van der Waals surface area contributed by atoms with Crippen LogP contribution in [0.3, 0.4) is 0 Å². The van der Waals surface area contributed by atoms with Crippen LogP contribution in [0, 0.1) is 17.8 Å². The number of hydrogen-bond donors (Lipinski definition) is 1. The Morgan fingerprint density at radius 3 is 2.56 bits per heavy atom. The molecule has 0 radical (unpaired) electrons. The first kappa shape index (κ1) is 5.72. The molecule has 2 fully saturated rings. The highest BCUT2D eigenvalue weighted by molar-refractivity contribution is 4.96. The van der Waals surface area contributed by atoms with Gasteiger partial charge in [-0.2, -0.15) is 0 Å². The molecule has 0 aromatic heterocycles. The van der Waals surface area contributed by atoms with Crippen LogP contribution in [0.5, 0.6) is 0 Å². The summed E-state index contributed by atoms with van der Waals surface area (Å²) in [6, 6.07) is 0. The van der Waals surface area contributed by atoms with Crippen molar-refractivity contribution in [1.82, 2.24) is 0 Å². The SMILES string of the molecule is CC1CC2CCC(O)C12. The molecule has 0 spiro atoms. The molecule has 1 heteroatoms. The van der Waals surface area contributed by atoms with Gasteiger partial charge in [-0.05, 0) is 37.0 Å². The Balaban J connectivity index is 2.06. The third kappa shape index (κ3) is 0.644. The molecular formula is C8H14O. The molecule has 0 amide bonds. The smallest absolute Gasteiger partial charge is 0.0573 e. The number of fused-ring (bicyclic) bond motifs is 1. The van der Waals surface area contributed by atoms with Gasteiger partial charge in [-0.15, -0.1) is 0 Å². The second-order valence-electron chi connectivity index (χ2n) is 3.70. The second-order valence-corrected chi connectivity index (χ2v) is 3.70. The summed E-state index contributed by atoms with van der Waals surface area (Å²) in [5, 5.41) is 9.39. The van der Waals surface area contributed by atoms with Gasteiger partial charge >= 0.3 is 0 Å². The summed E-state index contributed by atoms with van der Waals surface area (Å²) in [4.78, 5) is 0. The van der Waals surface area contributed by atoms with Crippen LogP contribution in [0.2, 0.25) is 0 Å². The fourth-order valence-corrected chi connectivity index (χ4v) is 2.64. The molecule has 0 aliphatic heterocycles. The van der Waals surface area contributed by atoms with Gasteiger partial charge in [0, 0.05) is 0 Å². The fraction of sp³-hybridized carbons (Fsp3) is 1.00. The van der Waals surface area contributed by atoms with Gasteiger partial charge in [0.2, 0.25) is 0 Å². The van der Waals surface area contributed by atoms with E-state index in [9.17, 15) is 5.11 Å². The third-order valence-corrected chi connectivity index (χ3v) is 3.15. The first-order chi connectivity index (χ1) is 4.29. The average Bonchev–Trinajstić information content (AvgIpc) is 2.04. The number of hydrogen-bond acceptors (Lipinski definition) is 1. The van der Waals surface area contributed by atoms with Crippen LogP contribution in [0.4, 0.5) is 0 Å². The van der Waals surface area contributed by atoms with E-state index in [-0.39, 0.29) is 6.10 Å². The largest absolute Gasteiger partial charge is 0.393 e. The molecule has 0 bridgehead atoms. The number of aliphatic hydroxyl groups excluding tert-OH is 1. The normalized spacial score (nSPS) is 56.7. The standard InChI is InChI=1S/C8H14O/c1-5-4-6-2-3-7(9)8(5)6/h5-9H,2-4H2,1H3. The Kier molecular flexibility index (Phi) is 1.10. The minimum atomic E-state index is 0.0544. The minimum absolute atomic E-state index is 0.0544. The molecule has 9 heavy (non-hydrogen) atoms. The predicted molar refractivity (Wildman–Crippen MR) is 36.0 cm³/mol. The monoisotopic (exact) mass is 126 g/mol. The molecule has 2 rings (SSSR count). The highest BCUT2D eigenvalue weighted by atomic mass is 16.3. The van der Waals surface area contributed by atoms with E-state index in [1.54, 1.807) is 0 Å². The van der Waals surface area contributed by atoms with E-state index >= 15 is 0 Å². The first-order valence-electron chi connectivity index (χ1n) is 3.97. The Labute approximate surface area is 56.1 Å². The molecule has 2 aliphatic rings. The van der Waals surface area contributed by atoms with E-state index in [2.05, 4.69) is 6.92 Å². The minimum Gasteiger partial charge on any atom is -0.393 e. The maximum Gasteiger partial charge on any atom is 0.0573 e. The summed E-state index contributed by atoms with van der Waals surface area (Å²) in [6.45, 7) is 2.26. The lowest BCUT2D eigenvalue weighted by molar-refractivity contribution is 0.0166. The molecule has 1 N–H and O–H groups in total. The maximum absolute atomic E-state index is 9.39. The van der Waals surface area contributed by atoms with E-state index in [4.69, 9.17) is 0 Å². The van der Waals surface area contributed by atoms with Crippen molar-refractivity contribution < 1.29 is 5.11 Å². The zero-order valence-electron chi connectivity index (χ0n) is 5.88. The van der Waals surface area contributed by atoms with E-state index in [0.717, 1.165) is 18.3 Å². The molecular weight excluding hydrogens is 112 g/mol. The van der Waals surface area contributed by atoms with Crippen molar-refractivity contribution in [3.8, 4) is 0 Å². The molecule has 0 aromatic rings. The van der Waals surface area contributed by atoms with E-state index < -0.39 is 0 Å². The third-order valence-electron chi connectivity index (χ3n) is 3.15. The van der Waals surface area contributed by atoms with Crippen LogP contribution in [-0.2, 0) is 0 Å². The number of aliphatic hydroxyl groups is 1. The molecule has 2 saturated carbocycles. The van der Waals surface area contributed by atoms with Gasteiger partial charge in [-0.25, -0.2) is 0 Å². The van der Waals surface area contributed by atoms with Crippen LogP contribution in [0.15, 0.2) is 0 Å². The average molecular weight is 126 g/mol. The lowest BCUT2D eigenvalue weighted by atomic mass is 9.67. The molecule has 4 unspecified atom stereocenters. The molecule has 2 aliphatic carbocycles. The van der Waals surface area contributed by atoms with Crippen LogP contribution in [-0.4, -0.2) is 11.2 Å². The van der Waals surface area contributed by atoms with Gasteiger partial charge in [0.25, 0.3) is 0 Å². The van der Waals surface area contributed by atoms with Gasteiger partial charge in [0.15, 0.2) is 0 Å². The van der Waals surface area contributed by atoms with E-state index in [1.165, 1.54) is 12.8 Å². The molecule has 0 aromatic carbocycles. The number of rotatable bonds is 0. The molecule has 0 saturated heterocycles. The van der Waals surface area contributed by atoms with Crippen LogP contribution in [0.1, 0.15) is 26.2 Å². The van der Waals surface area contributed by atoms with Gasteiger partial charge in [-0.1, -0.05) is 6.92 Å². The summed E-state index contributed by atoms with van der Waals surface area (Å²) in [7, 11) is 0. The van der Waals surface area contributed by atoms with Crippen molar-refractivity contribution in [2.24, 2.45) is 17.8 Å². The lowest BCUT2D eigenvalue weighted by Crippen LogP contribution is -2.36. The quantitative estimate of drug-likeness (QED) is 0.520. The summed E-state index contributed by atoms with van der Waals surface area (Å²) in [5.41, 5.74) is 0. The van der Waals surface area contributed by atoms with Crippen molar-refractivity contribution in [1.29, 1.82) is 0 Å². The van der Waals surface area contributed by atoms with Gasteiger partial charge in [0.05, 0.1) is 6.10 Å². The van der Waals surface area contributed by atoms with Crippen LogP contribution in [0.25, 0.3) is 0 Å². The summed E-state index contributed by atoms with van der Waals surface area (Å²) in [6.07, 6.45) is 3.79. The molecule has 1 nitrogen and oxygen atoms in total. The zero-order valence-corrected chi connectivity index (χ0v) is 5.88. The Hall–Kier alpha value is -0.0400. The van der Waals surface area contributed by atoms with Crippen molar-refractivity contribution in [3.63, 3.8) is 0 Å². The van der Waals surface area contributed by atoms with Gasteiger partial charge in [-0.3, -0.25) is 0 Å².